The van der Waals surface area contributed by atoms with Gasteiger partial charge in [-0.25, -0.2) is 9.78 Å². The lowest BCUT2D eigenvalue weighted by molar-refractivity contribution is 0.00889. The van der Waals surface area contributed by atoms with Crippen LogP contribution in [0.1, 0.15) is 0 Å². The van der Waals surface area contributed by atoms with Crippen LogP contribution in [0.5, 0.6) is 0 Å². The highest BCUT2D eigenvalue weighted by molar-refractivity contribution is 9.10. The van der Waals surface area contributed by atoms with E-state index in [0.29, 0.717) is 13.1 Å². The fourth-order valence-electron chi connectivity index (χ4n) is 1.77. The second-order valence-electron chi connectivity index (χ2n) is 3.90. The van der Waals surface area contributed by atoms with Gasteiger partial charge in [-0.1, -0.05) is 0 Å². The molecule has 0 radical (unpaired) electrons. The van der Waals surface area contributed by atoms with Crippen molar-refractivity contribution in [1.29, 1.82) is 0 Å². The van der Waals surface area contributed by atoms with Crippen molar-refractivity contribution in [3.05, 3.63) is 22.8 Å². The molecule has 98 valence electrons. The van der Waals surface area contributed by atoms with E-state index < -0.39 is 18.3 Å². The van der Waals surface area contributed by atoms with Crippen LogP contribution < -0.4 is 10.4 Å². The van der Waals surface area contributed by atoms with Crippen LogP contribution >= 0.6 is 15.9 Å². The van der Waals surface area contributed by atoms with Crippen molar-refractivity contribution in [3.8, 4) is 0 Å². The molecule has 3 N–H and O–H groups in total. The van der Waals surface area contributed by atoms with Crippen molar-refractivity contribution in [2.75, 3.05) is 18.0 Å². The number of aliphatic hydroxyl groups excluding tert-OH is 1. The number of β-amino-alcohol motifs (C(OH)–C–C–N with tert-alkyl or cyclic N) is 1. The molecule has 2 heterocycles. The first kappa shape index (κ1) is 13.1. The number of nitrogens with zero attached hydrogens (tertiary/aromatic N) is 2. The average Bonchev–Trinajstić information content (AvgIpc) is 2.69. The fourth-order valence-corrected chi connectivity index (χ4v) is 2.01. The molecular weight excluding hydrogens is 306 g/mol. The van der Waals surface area contributed by atoms with Crippen molar-refractivity contribution in [3.63, 3.8) is 0 Å². The Morgan fingerprint density at radius 2 is 2.33 bits per heavy atom. The van der Waals surface area contributed by atoms with E-state index in [2.05, 4.69) is 31.2 Å². The number of halogens is 1. The molecule has 0 amide bonds. The molecule has 0 aromatic carbocycles. The molecule has 0 aliphatic carbocycles. The number of aliphatic hydroxyl groups is 1. The normalized spacial score (nSPS) is 23.1. The summed E-state index contributed by atoms with van der Waals surface area (Å²) in [6.07, 6.45) is -0.479. The molecule has 7 nitrogen and oxygen atoms in total. The molecule has 8 heteroatoms. The van der Waals surface area contributed by atoms with Crippen LogP contribution in [0.4, 0.5) is 10.6 Å². The lowest BCUT2D eigenvalue weighted by Crippen LogP contribution is -2.40. The summed E-state index contributed by atoms with van der Waals surface area (Å²) in [6.45, 7) is 0.790. The zero-order valence-corrected chi connectivity index (χ0v) is 10.9. The fraction of sp³-hybridized carbons (Fsp3) is 0.400. The number of hydrogen-bond acceptors (Lipinski definition) is 6. The van der Waals surface area contributed by atoms with Gasteiger partial charge in [-0.2, -0.15) is 0 Å². The number of hydrogen-bond donors (Lipinski definition) is 3. The minimum atomic E-state index is -1.43. The molecular formula is C10H12BrN3O4. The SMILES string of the molecule is O=C(O)ON[C@H]1CN(c2ccc(Br)cn2)C[C@H]1O. The second-order valence-corrected chi connectivity index (χ2v) is 4.81. The van der Waals surface area contributed by atoms with Gasteiger partial charge in [0, 0.05) is 23.8 Å². The lowest BCUT2D eigenvalue weighted by atomic mass is 10.2. The summed E-state index contributed by atoms with van der Waals surface area (Å²) in [4.78, 5) is 20.6. The minimum absolute atomic E-state index is 0.370. The largest absolute Gasteiger partial charge is 0.525 e. The Bertz CT molecular complexity index is 428. The molecule has 1 aliphatic heterocycles. The highest BCUT2D eigenvalue weighted by Gasteiger charge is 2.33. The van der Waals surface area contributed by atoms with E-state index in [4.69, 9.17) is 5.11 Å². The third kappa shape index (κ3) is 3.09. The number of rotatable bonds is 3. The van der Waals surface area contributed by atoms with Gasteiger partial charge >= 0.3 is 6.16 Å². The zero-order chi connectivity index (χ0) is 13.1. The lowest BCUT2D eigenvalue weighted by Gasteiger charge is -2.16. The first-order chi connectivity index (χ1) is 8.56. The maximum absolute atomic E-state index is 10.3. The quantitative estimate of drug-likeness (QED) is 0.702. The van der Waals surface area contributed by atoms with Crippen LogP contribution in [-0.2, 0) is 4.84 Å². The number of carbonyl (C=O) groups is 1. The van der Waals surface area contributed by atoms with Crippen LogP contribution in [0.2, 0.25) is 0 Å². The van der Waals surface area contributed by atoms with E-state index in [1.165, 1.54) is 0 Å². The number of pyridine rings is 1. The van der Waals surface area contributed by atoms with Crippen molar-refractivity contribution in [2.24, 2.45) is 0 Å². The summed E-state index contributed by atoms with van der Waals surface area (Å²) in [5, 5.41) is 18.2. The maximum atomic E-state index is 10.3. The van der Waals surface area contributed by atoms with Gasteiger partial charge in [-0.15, -0.1) is 5.48 Å². The number of nitrogens with one attached hydrogen (secondary N) is 1. The minimum Gasteiger partial charge on any atom is -0.448 e. The van der Waals surface area contributed by atoms with Crippen molar-refractivity contribution >= 4 is 27.9 Å². The molecule has 1 aromatic rings. The Kier molecular flexibility index (Phi) is 4.00. The van der Waals surface area contributed by atoms with Crippen molar-refractivity contribution in [2.45, 2.75) is 12.1 Å². The molecule has 2 atom stereocenters. The molecule has 1 fully saturated rings. The van der Waals surface area contributed by atoms with Gasteiger partial charge < -0.3 is 20.0 Å². The van der Waals surface area contributed by atoms with Gasteiger partial charge in [0.25, 0.3) is 0 Å². The molecule has 0 bridgehead atoms. The Labute approximate surface area is 111 Å². The molecule has 0 unspecified atom stereocenters. The Morgan fingerprint density at radius 1 is 1.56 bits per heavy atom. The average molecular weight is 318 g/mol. The van der Waals surface area contributed by atoms with Gasteiger partial charge in [0.2, 0.25) is 0 Å². The molecule has 1 saturated heterocycles. The summed E-state index contributed by atoms with van der Waals surface area (Å²) in [7, 11) is 0. The molecule has 0 saturated carbocycles. The van der Waals surface area contributed by atoms with Gasteiger partial charge in [-0.3, -0.25) is 0 Å². The van der Waals surface area contributed by atoms with Crippen LogP contribution in [-0.4, -0.2) is 46.6 Å². The third-order valence-corrected chi connectivity index (χ3v) is 3.09. The molecule has 18 heavy (non-hydrogen) atoms. The van der Waals surface area contributed by atoms with Crippen LogP contribution in [0, 0.1) is 0 Å². The van der Waals surface area contributed by atoms with Gasteiger partial charge in [0.15, 0.2) is 0 Å². The highest BCUT2D eigenvalue weighted by atomic mass is 79.9. The Balaban J connectivity index is 1.97. The Hall–Kier alpha value is -1.38. The van der Waals surface area contributed by atoms with Crippen LogP contribution in [0.3, 0.4) is 0 Å². The predicted octanol–water partition coefficient (Wildman–Crippen LogP) is 0.593. The van der Waals surface area contributed by atoms with Crippen molar-refractivity contribution < 1.29 is 19.8 Å². The van der Waals surface area contributed by atoms with E-state index in [-0.39, 0.29) is 0 Å². The zero-order valence-electron chi connectivity index (χ0n) is 9.28. The number of carboxylic acid groups (broad SMARTS) is 1. The number of hydroxylamine groups is 1. The molecule has 0 spiro atoms. The summed E-state index contributed by atoms with van der Waals surface area (Å²) < 4.78 is 0.870. The van der Waals surface area contributed by atoms with Crippen molar-refractivity contribution in [1.82, 2.24) is 10.5 Å². The molecule has 2 rings (SSSR count). The van der Waals surface area contributed by atoms with E-state index in [9.17, 15) is 9.90 Å². The highest BCUT2D eigenvalue weighted by Crippen LogP contribution is 2.20. The maximum Gasteiger partial charge on any atom is 0.525 e. The smallest absolute Gasteiger partial charge is 0.448 e. The van der Waals surface area contributed by atoms with Gasteiger partial charge in [0.05, 0.1) is 12.1 Å². The predicted molar refractivity (Wildman–Crippen MR) is 66.2 cm³/mol. The van der Waals surface area contributed by atoms with Crippen LogP contribution in [0.25, 0.3) is 0 Å². The van der Waals surface area contributed by atoms with Gasteiger partial charge in [-0.05, 0) is 28.1 Å². The standard InChI is InChI=1S/C10H12BrN3O4/c11-6-1-2-9(12-3-6)14-4-7(8(15)5-14)13-18-10(16)17/h1-3,7-8,13,15H,4-5H2,(H,16,17)/t7-,8+/m0/s1. The number of aromatic nitrogens is 1. The molecule has 1 aromatic heterocycles. The summed E-state index contributed by atoms with van der Waals surface area (Å²) >= 11 is 3.29. The topological polar surface area (TPSA) is 94.9 Å². The Morgan fingerprint density at radius 3 is 2.94 bits per heavy atom. The third-order valence-electron chi connectivity index (χ3n) is 2.62. The number of anilines is 1. The monoisotopic (exact) mass is 317 g/mol. The van der Waals surface area contributed by atoms with Gasteiger partial charge in [0.1, 0.15) is 5.82 Å². The van der Waals surface area contributed by atoms with E-state index in [0.717, 1.165) is 10.3 Å². The summed E-state index contributed by atoms with van der Waals surface area (Å²) in [5.41, 5.74) is 2.31. The first-order valence-corrected chi connectivity index (χ1v) is 6.05. The van der Waals surface area contributed by atoms with E-state index in [1.807, 2.05) is 17.0 Å². The van der Waals surface area contributed by atoms with Crippen LogP contribution in [0.15, 0.2) is 22.8 Å². The van der Waals surface area contributed by atoms with E-state index in [1.54, 1.807) is 6.20 Å². The van der Waals surface area contributed by atoms with E-state index >= 15 is 0 Å². The summed E-state index contributed by atoms with van der Waals surface area (Å²) in [6, 6.07) is 3.20. The first-order valence-electron chi connectivity index (χ1n) is 5.26. The summed E-state index contributed by atoms with van der Waals surface area (Å²) in [5.74, 6) is 0.719. The molecule has 1 aliphatic rings. The second kappa shape index (κ2) is 5.51.